The highest BCUT2D eigenvalue weighted by molar-refractivity contribution is 5.78. The first kappa shape index (κ1) is 15.5. The Balaban J connectivity index is 2.51. The fourth-order valence-electron chi connectivity index (χ4n) is 1.81. The average Bonchev–Trinajstić information content (AvgIpc) is 2.44. The molecule has 106 valence electrons. The molecule has 1 unspecified atom stereocenters. The van der Waals surface area contributed by atoms with Gasteiger partial charge >= 0.3 is 0 Å². The Bertz CT molecular complexity index is 407. The summed E-state index contributed by atoms with van der Waals surface area (Å²) in [5, 5.41) is 6.14. The Morgan fingerprint density at radius 3 is 2.63 bits per heavy atom. The number of para-hydroxylation sites is 1. The number of carbonyl (C=O) groups is 1. The van der Waals surface area contributed by atoms with Gasteiger partial charge in [-0.2, -0.15) is 0 Å². The number of methoxy groups -OCH3 is 1. The molecule has 2 atom stereocenters. The number of nitrogens with one attached hydrogen (secondary N) is 2. The van der Waals surface area contributed by atoms with Crippen molar-refractivity contribution in [1.29, 1.82) is 0 Å². The van der Waals surface area contributed by atoms with E-state index in [1.54, 1.807) is 7.11 Å². The predicted octanol–water partition coefficient (Wildman–Crippen LogP) is 2.26. The summed E-state index contributed by atoms with van der Waals surface area (Å²) >= 11 is 0. The zero-order valence-electron chi connectivity index (χ0n) is 12.2. The normalized spacial score (nSPS) is 13.7. The van der Waals surface area contributed by atoms with Crippen molar-refractivity contribution in [2.45, 2.75) is 39.3 Å². The van der Waals surface area contributed by atoms with E-state index < -0.39 is 0 Å². The standard InChI is InChI=1S/C15H24N2O2/c1-5-11(2)17-15(18)10-16-12(3)13-8-6-7-9-14(13)19-4/h6-9,11-12,16H,5,10H2,1-4H3,(H,17,18)/t11?,12-/m1/s1. The van der Waals surface area contributed by atoms with E-state index in [1.165, 1.54) is 0 Å². The molecule has 0 spiro atoms. The summed E-state index contributed by atoms with van der Waals surface area (Å²) in [7, 11) is 1.65. The van der Waals surface area contributed by atoms with Gasteiger partial charge < -0.3 is 15.4 Å². The van der Waals surface area contributed by atoms with E-state index in [0.29, 0.717) is 6.54 Å². The third kappa shape index (κ3) is 4.91. The number of rotatable bonds is 7. The van der Waals surface area contributed by atoms with Crippen LogP contribution in [-0.4, -0.2) is 25.6 Å². The molecule has 0 saturated heterocycles. The van der Waals surface area contributed by atoms with Crippen LogP contribution < -0.4 is 15.4 Å². The fraction of sp³-hybridized carbons (Fsp3) is 0.533. The monoisotopic (exact) mass is 264 g/mol. The van der Waals surface area contributed by atoms with E-state index in [0.717, 1.165) is 17.7 Å². The molecule has 2 N–H and O–H groups in total. The summed E-state index contributed by atoms with van der Waals surface area (Å²) in [6.45, 7) is 6.38. The molecular weight excluding hydrogens is 240 g/mol. The highest BCUT2D eigenvalue weighted by atomic mass is 16.5. The van der Waals surface area contributed by atoms with Crippen LogP contribution >= 0.6 is 0 Å². The molecule has 0 aliphatic heterocycles. The Morgan fingerprint density at radius 1 is 1.32 bits per heavy atom. The molecule has 0 aliphatic rings. The molecule has 1 rings (SSSR count). The average molecular weight is 264 g/mol. The first-order valence-corrected chi connectivity index (χ1v) is 6.74. The summed E-state index contributed by atoms with van der Waals surface area (Å²) in [6.07, 6.45) is 0.938. The van der Waals surface area contributed by atoms with Gasteiger partial charge in [0.05, 0.1) is 13.7 Å². The van der Waals surface area contributed by atoms with Crippen LogP contribution in [0.2, 0.25) is 0 Å². The molecule has 0 bridgehead atoms. The van der Waals surface area contributed by atoms with E-state index >= 15 is 0 Å². The number of benzene rings is 1. The number of hydrogen-bond acceptors (Lipinski definition) is 3. The molecule has 0 fully saturated rings. The van der Waals surface area contributed by atoms with E-state index in [9.17, 15) is 4.79 Å². The third-order valence-corrected chi connectivity index (χ3v) is 3.19. The molecule has 1 amide bonds. The van der Waals surface area contributed by atoms with Crippen molar-refractivity contribution in [3.8, 4) is 5.75 Å². The summed E-state index contributed by atoms with van der Waals surface area (Å²) < 4.78 is 5.31. The molecule has 0 aromatic heterocycles. The Labute approximate surface area is 115 Å². The van der Waals surface area contributed by atoms with Crippen LogP contribution in [0, 0.1) is 0 Å². The maximum Gasteiger partial charge on any atom is 0.234 e. The second kappa shape index (κ2) is 7.79. The van der Waals surface area contributed by atoms with Gasteiger partial charge in [-0.25, -0.2) is 0 Å². The lowest BCUT2D eigenvalue weighted by Gasteiger charge is -2.18. The first-order valence-electron chi connectivity index (χ1n) is 6.74. The summed E-state index contributed by atoms with van der Waals surface area (Å²) in [5.41, 5.74) is 1.06. The quantitative estimate of drug-likeness (QED) is 0.794. The molecular formula is C15H24N2O2. The van der Waals surface area contributed by atoms with E-state index in [-0.39, 0.29) is 18.0 Å². The SMILES string of the molecule is CCC(C)NC(=O)CN[C@H](C)c1ccccc1OC. The molecule has 0 saturated carbocycles. The summed E-state index contributed by atoms with van der Waals surface area (Å²) in [6, 6.07) is 8.12. The molecule has 0 aliphatic carbocycles. The van der Waals surface area contributed by atoms with Gasteiger partial charge in [-0.3, -0.25) is 4.79 Å². The summed E-state index contributed by atoms with van der Waals surface area (Å²) in [4.78, 5) is 11.7. The van der Waals surface area contributed by atoms with E-state index in [1.807, 2.05) is 38.1 Å². The minimum atomic E-state index is 0.0242. The largest absolute Gasteiger partial charge is 0.496 e. The lowest BCUT2D eigenvalue weighted by molar-refractivity contribution is -0.121. The predicted molar refractivity (Wildman–Crippen MR) is 77.3 cm³/mol. The minimum absolute atomic E-state index is 0.0242. The van der Waals surface area contributed by atoms with Crippen LogP contribution in [0.25, 0.3) is 0 Å². The molecule has 1 aromatic carbocycles. The van der Waals surface area contributed by atoms with Crippen LogP contribution in [0.15, 0.2) is 24.3 Å². The van der Waals surface area contributed by atoms with Crippen LogP contribution in [-0.2, 0) is 4.79 Å². The van der Waals surface area contributed by atoms with Crippen molar-refractivity contribution in [1.82, 2.24) is 10.6 Å². The number of amides is 1. The number of carbonyl (C=O) groups excluding carboxylic acids is 1. The van der Waals surface area contributed by atoms with Crippen molar-refractivity contribution in [3.05, 3.63) is 29.8 Å². The molecule has 0 heterocycles. The van der Waals surface area contributed by atoms with Crippen LogP contribution in [0.3, 0.4) is 0 Å². The van der Waals surface area contributed by atoms with Crippen molar-refractivity contribution in [3.63, 3.8) is 0 Å². The fourth-order valence-corrected chi connectivity index (χ4v) is 1.81. The van der Waals surface area contributed by atoms with Gasteiger partial charge in [0.1, 0.15) is 5.75 Å². The second-order valence-electron chi connectivity index (χ2n) is 4.72. The topological polar surface area (TPSA) is 50.4 Å². The molecule has 1 aromatic rings. The Hall–Kier alpha value is -1.55. The highest BCUT2D eigenvalue weighted by Crippen LogP contribution is 2.23. The van der Waals surface area contributed by atoms with Crippen molar-refractivity contribution >= 4 is 5.91 Å². The lowest BCUT2D eigenvalue weighted by atomic mass is 10.1. The number of ether oxygens (including phenoxy) is 1. The Morgan fingerprint density at radius 2 is 2.00 bits per heavy atom. The smallest absolute Gasteiger partial charge is 0.234 e. The van der Waals surface area contributed by atoms with Gasteiger partial charge in [-0.15, -0.1) is 0 Å². The van der Waals surface area contributed by atoms with Crippen molar-refractivity contribution < 1.29 is 9.53 Å². The van der Waals surface area contributed by atoms with Crippen LogP contribution in [0.4, 0.5) is 0 Å². The lowest BCUT2D eigenvalue weighted by Crippen LogP contribution is -2.39. The second-order valence-corrected chi connectivity index (χ2v) is 4.72. The van der Waals surface area contributed by atoms with Gasteiger partial charge in [0.15, 0.2) is 0 Å². The maximum absolute atomic E-state index is 11.7. The van der Waals surface area contributed by atoms with Gasteiger partial charge in [-0.1, -0.05) is 25.1 Å². The Kier molecular flexibility index (Phi) is 6.36. The zero-order chi connectivity index (χ0) is 14.3. The van der Waals surface area contributed by atoms with Gasteiger partial charge in [-0.05, 0) is 26.3 Å². The highest BCUT2D eigenvalue weighted by Gasteiger charge is 2.12. The number of hydrogen-bond donors (Lipinski definition) is 2. The van der Waals surface area contributed by atoms with Crippen molar-refractivity contribution in [2.24, 2.45) is 0 Å². The molecule has 4 heteroatoms. The minimum Gasteiger partial charge on any atom is -0.496 e. The van der Waals surface area contributed by atoms with E-state index in [4.69, 9.17) is 4.74 Å². The summed E-state index contributed by atoms with van der Waals surface area (Å²) in [5.74, 6) is 0.862. The van der Waals surface area contributed by atoms with Gasteiger partial charge in [0, 0.05) is 17.6 Å². The molecule has 19 heavy (non-hydrogen) atoms. The van der Waals surface area contributed by atoms with Gasteiger partial charge in [0.25, 0.3) is 0 Å². The molecule has 0 radical (unpaired) electrons. The third-order valence-electron chi connectivity index (χ3n) is 3.19. The maximum atomic E-state index is 11.7. The van der Waals surface area contributed by atoms with Crippen LogP contribution in [0.1, 0.15) is 38.8 Å². The van der Waals surface area contributed by atoms with Crippen molar-refractivity contribution in [2.75, 3.05) is 13.7 Å². The molecule has 4 nitrogen and oxygen atoms in total. The first-order chi connectivity index (χ1) is 9.08. The van der Waals surface area contributed by atoms with E-state index in [2.05, 4.69) is 17.6 Å². The van der Waals surface area contributed by atoms with Crippen LogP contribution in [0.5, 0.6) is 5.75 Å². The zero-order valence-corrected chi connectivity index (χ0v) is 12.2. The van der Waals surface area contributed by atoms with Gasteiger partial charge in [0.2, 0.25) is 5.91 Å².